The van der Waals surface area contributed by atoms with Crippen molar-refractivity contribution >= 4 is 11.5 Å². The molecule has 2 aromatic rings. The van der Waals surface area contributed by atoms with Crippen LogP contribution in [0, 0.1) is 0 Å². The number of nitrogens with one attached hydrogen (secondary N) is 1. The largest absolute Gasteiger partial charge is 0.476 e. The molecule has 5 nitrogen and oxygen atoms in total. The molecule has 1 aromatic heterocycles. The molecule has 106 valence electrons. The van der Waals surface area contributed by atoms with E-state index in [0.29, 0.717) is 30.5 Å². The number of hydrogen-bond acceptors (Lipinski definition) is 5. The second-order valence-corrected chi connectivity index (χ2v) is 4.33. The van der Waals surface area contributed by atoms with Crippen molar-refractivity contribution in [3.8, 4) is 5.88 Å². The molecule has 0 unspecified atom stereocenters. The predicted molar refractivity (Wildman–Crippen MR) is 80.8 cm³/mol. The number of nitrogen functional groups attached to an aromatic ring is 1. The zero-order chi connectivity index (χ0) is 14.4. The molecule has 0 aliphatic heterocycles. The van der Waals surface area contributed by atoms with Crippen molar-refractivity contribution in [2.24, 2.45) is 0 Å². The van der Waals surface area contributed by atoms with Crippen LogP contribution in [0.5, 0.6) is 5.88 Å². The number of aromatic nitrogens is 2. The molecule has 0 radical (unpaired) electrons. The van der Waals surface area contributed by atoms with Crippen molar-refractivity contribution in [3.05, 3.63) is 41.7 Å². The Labute approximate surface area is 119 Å². The van der Waals surface area contributed by atoms with Crippen molar-refractivity contribution in [3.63, 3.8) is 0 Å². The van der Waals surface area contributed by atoms with E-state index in [1.165, 1.54) is 5.56 Å². The van der Waals surface area contributed by atoms with E-state index >= 15 is 0 Å². The van der Waals surface area contributed by atoms with Gasteiger partial charge in [0.15, 0.2) is 5.82 Å². The maximum atomic E-state index is 6.04. The quantitative estimate of drug-likeness (QED) is 0.845. The average molecular weight is 272 g/mol. The lowest BCUT2D eigenvalue weighted by molar-refractivity contribution is 0.327. The maximum absolute atomic E-state index is 6.04. The van der Waals surface area contributed by atoms with Crippen molar-refractivity contribution in [1.82, 2.24) is 9.97 Å². The van der Waals surface area contributed by atoms with Crippen LogP contribution in [0.4, 0.5) is 11.5 Å². The molecule has 0 spiro atoms. The summed E-state index contributed by atoms with van der Waals surface area (Å²) in [6.45, 7) is 5.10. The molecule has 0 amide bonds. The highest BCUT2D eigenvalue weighted by atomic mass is 16.5. The SMILES string of the molecule is CCOc1nc(CC)nc(NCc2ccccc2)c1N. The maximum Gasteiger partial charge on any atom is 0.242 e. The molecule has 0 aliphatic carbocycles. The Bertz CT molecular complexity index is 557. The van der Waals surface area contributed by atoms with Crippen molar-refractivity contribution in [2.75, 3.05) is 17.7 Å². The lowest BCUT2D eigenvalue weighted by Gasteiger charge is -2.13. The van der Waals surface area contributed by atoms with Crippen LogP contribution in [0.1, 0.15) is 25.2 Å². The Hall–Kier alpha value is -2.30. The molecule has 0 atom stereocenters. The first-order chi connectivity index (χ1) is 9.74. The summed E-state index contributed by atoms with van der Waals surface area (Å²) in [6, 6.07) is 10.1. The third kappa shape index (κ3) is 3.38. The number of anilines is 2. The Kier molecular flexibility index (Phi) is 4.76. The summed E-state index contributed by atoms with van der Waals surface area (Å²) in [4.78, 5) is 8.72. The fourth-order valence-electron chi connectivity index (χ4n) is 1.81. The number of hydrogen-bond donors (Lipinski definition) is 2. The third-order valence-electron chi connectivity index (χ3n) is 2.86. The van der Waals surface area contributed by atoms with Gasteiger partial charge in [-0.2, -0.15) is 4.98 Å². The predicted octanol–water partition coefficient (Wildman–Crippen LogP) is 2.63. The highest BCUT2D eigenvalue weighted by molar-refractivity contribution is 5.67. The van der Waals surface area contributed by atoms with Gasteiger partial charge in [-0.15, -0.1) is 0 Å². The van der Waals surface area contributed by atoms with E-state index in [0.717, 1.165) is 12.2 Å². The average Bonchev–Trinajstić information content (AvgIpc) is 2.49. The topological polar surface area (TPSA) is 73.1 Å². The van der Waals surface area contributed by atoms with Crippen LogP contribution in [0.3, 0.4) is 0 Å². The fourth-order valence-corrected chi connectivity index (χ4v) is 1.81. The van der Waals surface area contributed by atoms with E-state index in [1.807, 2.05) is 32.0 Å². The van der Waals surface area contributed by atoms with Crippen LogP contribution in [-0.4, -0.2) is 16.6 Å². The van der Waals surface area contributed by atoms with Gasteiger partial charge in [0.05, 0.1) is 6.61 Å². The summed E-state index contributed by atoms with van der Waals surface area (Å²) < 4.78 is 5.46. The number of nitrogens with two attached hydrogens (primary N) is 1. The first-order valence-corrected chi connectivity index (χ1v) is 6.81. The molecule has 0 fully saturated rings. The van der Waals surface area contributed by atoms with Gasteiger partial charge in [0.1, 0.15) is 11.5 Å². The molecule has 2 rings (SSSR count). The van der Waals surface area contributed by atoms with Gasteiger partial charge < -0.3 is 15.8 Å². The van der Waals surface area contributed by atoms with Gasteiger partial charge in [-0.05, 0) is 12.5 Å². The minimum absolute atomic E-state index is 0.454. The van der Waals surface area contributed by atoms with E-state index in [2.05, 4.69) is 27.4 Å². The van der Waals surface area contributed by atoms with E-state index in [-0.39, 0.29) is 0 Å². The summed E-state index contributed by atoms with van der Waals surface area (Å²) >= 11 is 0. The Morgan fingerprint density at radius 2 is 1.90 bits per heavy atom. The van der Waals surface area contributed by atoms with Crippen molar-refractivity contribution in [2.45, 2.75) is 26.8 Å². The Balaban J connectivity index is 2.19. The van der Waals surface area contributed by atoms with Gasteiger partial charge in [-0.25, -0.2) is 4.98 Å². The zero-order valence-corrected chi connectivity index (χ0v) is 11.9. The number of ether oxygens (including phenoxy) is 1. The van der Waals surface area contributed by atoms with Crippen molar-refractivity contribution in [1.29, 1.82) is 0 Å². The standard InChI is InChI=1S/C15H20N4O/c1-3-12-18-14(13(16)15(19-12)20-4-2)17-10-11-8-6-5-7-9-11/h5-9H,3-4,10,16H2,1-2H3,(H,17,18,19). The third-order valence-corrected chi connectivity index (χ3v) is 2.86. The molecule has 0 saturated carbocycles. The highest BCUT2D eigenvalue weighted by Crippen LogP contribution is 2.26. The summed E-state index contributed by atoms with van der Waals surface area (Å²) in [5.41, 5.74) is 7.67. The lowest BCUT2D eigenvalue weighted by atomic mass is 10.2. The molecular weight excluding hydrogens is 252 g/mol. The Morgan fingerprint density at radius 3 is 2.55 bits per heavy atom. The van der Waals surface area contributed by atoms with E-state index < -0.39 is 0 Å². The van der Waals surface area contributed by atoms with E-state index in [9.17, 15) is 0 Å². The van der Waals surface area contributed by atoms with Gasteiger partial charge in [0, 0.05) is 13.0 Å². The van der Waals surface area contributed by atoms with Crippen LogP contribution in [0.15, 0.2) is 30.3 Å². The minimum Gasteiger partial charge on any atom is -0.476 e. The van der Waals surface area contributed by atoms with Gasteiger partial charge >= 0.3 is 0 Å². The molecule has 0 saturated heterocycles. The molecule has 0 aliphatic rings. The fraction of sp³-hybridized carbons (Fsp3) is 0.333. The van der Waals surface area contributed by atoms with Crippen LogP contribution in [0.2, 0.25) is 0 Å². The second-order valence-electron chi connectivity index (χ2n) is 4.33. The van der Waals surface area contributed by atoms with Gasteiger partial charge in [0.25, 0.3) is 0 Å². The number of rotatable bonds is 6. The number of nitrogens with zero attached hydrogens (tertiary/aromatic N) is 2. The lowest BCUT2D eigenvalue weighted by Crippen LogP contribution is -2.10. The molecular formula is C15H20N4O. The van der Waals surface area contributed by atoms with Crippen LogP contribution < -0.4 is 15.8 Å². The van der Waals surface area contributed by atoms with E-state index in [1.54, 1.807) is 0 Å². The Morgan fingerprint density at radius 1 is 1.15 bits per heavy atom. The van der Waals surface area contributed by atoms with Crippen molar-refractivity contribution < 1.29 is 4.74 Å². The highest BCUT2D eigenvalue weighted by Gasteiger charge is 2.11. The number of benzene rings is 1. The van der Waals surface area contributed by atoms with Gasteiger partial charge in [-0.1, -0.05) is 37.3 Å². The van der Waals surface area contributed by atoms with Gasteiger partial charge in [-0.3, -0.25) is 0 Å². The normalized spacial score (nSPS) is 10.3. The summed E-state index contributed by atoms with van der Waals surface area (Å²) in [7, 11) is 0. The molecule has 1 heterocycles. The molecule has 5 heteroatoms. The minimum atomic E-state index is 0.454. The molecule has 0 bridgehead atoms. The molecule has 3 N–H and O–H groups in total. The summed E-state index contributed by atoms with van der Waals surface area (Å²) in [6.07, 6.45) is 0.736. The summed E-state index contributed by atoms with van der Waals surface area (Å²) in [5, 5.41) is 3.25. The van der Waals surface area contributed by atoms with Gasteiger partial charge in [0.2, 0.25) is 5.88 Å². The van der Waals surface area contributed by atoms with Crippen LogP contribution >= 0.6 is 0 Å². The number of aryl methyl sites for hydroxylation is 1. The van der Waals surface area contributed by atoms with E-state index in [4.69, 9.17) is 10.5 Å². The smallest absolute Gasteiger partial charge is 0.242 e. The monoisotopic (exact) mass is 272 g/mol. The first kappa shape index (κ1) is 14.1. The first-order valence-electron chi connectivity index (χ1n) is 6.81. The van der Waals surface area contributed by atoms with Crippen LogP contribution in [-0.2, 0) is 13.0 Å². The molecule has 20 heavy (non-hydrogen) atoms. The second kappa shape index (κ2) is 6.75. The zero-order valence-electron chi connectivity index (χ0n) is 11.9. The molecule has 1 aromatic carbocycles. The van der Waals surface area contributed by atoms with Crippen LogP contribution in [0.25, 0.3) is 0 Å². The summed E-state index contributed by atoms with van der Waals surface area (Å²) in [5.74, 6) is 1.80.